The minimum Gasteiger partial charge on any atom is -0.435 e. The fourth-order valence-corrected chi connectivity index (χ4v) is 3.32. The van der Waals surface area contributed by atoms with Gasteiger partial charge in [0.15, 0.2) is 0 Å². The van der Waals surface area contributed by atoms with E-state index in [1.165, 1.54) is 24.8 Å². The molecule has 1 aromatic carbocycles. The largest absolute Gasteiger partial charge is 0.435 e. The Hall–Kier alpha value is -3.36. The Bertz CT molecular complexity index is 994. The van der Waals surface area contributed by atoms with Crippen molar-refractivity contribution in [3.8, 4) is 16.9 Å². The maximum Gasteiger partial charge on any atom is 0.387 e. The SMILES string of the molecule is Fc1ncc(-c2ccc(OC(F)F)cc2)cc1Nc1ccnc(N2CCCCC2)n1. The molecule has 4 rings (SSSR count). The second-order valence-corrected chi connectivity index (χ2v) is 6.88. The maximum absolute atomic E-state index is 14.3. The zero-order valence-corrected chi connectivity index (χ0v) is 16.1. The highest BCUT2D eigenvalue weighted by Gasteiger charge is 2.15. The second kappa shape index (κ2) is 8.98. The number of hydrogen-bond donors (Lipinski definition) is 1. The van der Waals surface area contributed by atoms with Gasteiger partial charge in [0.2, 0.25) is 11.9 Å². The van der Waals surface area contributed by atoms with Crippen LogP contribution < -0.4 is 15.0 Å². The minimum atomic E-state index is -2.89. The fourth-order valence-electron chi connectivity index (χ4n) is 3.32. The standard InChI is InChI=1S/C21H20F3N5O/c22-19-17(27-18-8-9-25-21(28-18)29-10-2-1-3-11-29)12-15(13-26-19)14-4-6-16(7-5-14)30-20(23)24/h4-9,12-13,20H,1-3,10-11H2,(H,25,27,28). The van der Waals surface area contributed by atoms with Crippen LogP contribution in [0.3, 0.4) is 0 Å². The molecule has 1 fully saturated rings. The van der Waals surface area contributed by atoms with Crippen molar-refractivity contribution in [2.75, 3.05) is 23.3 Å². The van der Waals surface area contributed by atoms with Crippen LogP contribution in [0.1, 0.15) is 19.3 Å². The number of rotatable bonds is 6. The van der Waals surface area contributed by atoms with E-state index in [2.05, 4.69) is 29.9 Å². The molecular formula is C21H20F3N5O. The van der Waals surface area contributed by atoms with E-state index in [1.807, 2.05) is 0 Å². The van der Waals surface area contributed by atoms with Crippen LogP contribution in [-0.4, -0.2) is 34.7 Å². The van der Waals surface area contributed by atoms with E-state index in [0.717, 1.165) is 25.9 Å². The summed E-state index contributed by atoms with van der Waals surface area (Å²) in [5, 5.41) is 2.96. The zero-order chi connectivity index (χ0) is 20.9. The topological polar surface area (TPSA) is 63.2 Å². The van der Waals surface area contributed by atoms with Gasteiger partial charge in [0.05, 0.1) is 5.69 Å². The summed E-state index contributed by atoms with van der Waals surface area (Å²) in [7, 11) is 0. The molecule has 1 aliphatic rings. The third-order valence-electron chi connectivity index (χ3n) is 4.80. The Balaban J connectivity index is 1.54. The van der Waals surface area contributed by atoms with Crippen molar-refractivity contribution in [3.05, 3.63) is 54.7 Å². The first-order chi connectivity index (χ1) is 14.6. The van der Waals surface area contributed by atoms with Gasteiger partial charge in [-0.25, -0.2) is 9.97 Å². The maximum atomic E-state index is 14.3. The first kappa shape index (κ1) is 19.9. The Kier molecular flexibility index (Phi) is 5.97. The summed E-state index contributed by atoms with van der Waals surface area (Å²) in [6.45, 7) is -1.08. The smallest absolute Gasteiger partial charge is 0.387 e. The van der Waals surface area contributed by atoms with Crippen LogP contribution in [0.15, 0.2) is 48.8 Å². The molecule has 0 saturated carbocycles. The average molecular weight is 415 g/mol. The minimum absolute atomic E-state index is 0.0494. The molecule has 0 radical (unpaired) electrons. The number of anilines is 3. The zero-order valence-electron chi connectivity index (χ0n) is 16.1. The van der Waals surface area contributed by atoms with Crippen LogP contribution in [0.4, 0.5) is 30.6 Å². The summed E-state index contributed by atoms with van der Waals surface area (Å²) >= 11 is 0. The van der Waals surface area contributed by atoms with Crippen LogP contribution >= 0.6 is 0 Å². The van der Waals surface area contributed by atoms with E-state index in [1.54, 1.807) is 30.5 Å². The Labute approximate surface area is 171 Å². The monoisotopic (exact) mass is 415 g/mol. The van der Waals surface area contributed by atoms with Crippen LogP contribution in [-0.2, 0) is 0 Å². The number of pyridine rings is 1. The van der Waals surface area contributed by atoms with Crippen molar-refractivity contribution >= 4 is 17.5 Å². The Morgan fingerprint density at radius 1 is 0.967 bits per heavy atom. The number of nitrogens with one attached hydrogen (secondary N) is 1. The molecule has 0 unspecified atom stereocenters. The summed E-state index contributed by atoms with van der Waals surface area (Å²) in [5.74, 6) is 0.450. The van der Waals surface area contributed by atoms with Gasteiger partial charge >= 0.3 is 6.61 Å². The van der Waals surface area contributed by atoms with Crippen LogP contribution in [0.25, 0.3) is 11.1 Å². The molecule has 1 N–H and O–H groups in total. The number of nitrogens with zero attached hydrogens (tertiary/aromatic N) is 4. The van der Waals surface area contributed by atoms with Crippen LogP contribution in [0, 0.1) is 5.95 Å². The van der Waals surface area contributed by atoms with E-state index in [0.29, 0.717) is 22.9 Å². The molecule has 3 heterocycles. The molecule has 9 heteroatoms. The van der Waals surface area contributed by atoms with Crippen LogP contribution in [0.5, 0.6) is 5.75 Å². The normalized spacial score (nSPS) is 14.1. The quantitative estimate of drug-likeness (QED) is 0.571. The van der Waals surface area contributed by atoms with Gasteiger partial charge in [-0.3, -0.25) is 0 Å². The highest BCUT2D eigenvalue weighted by Crippen LogP contribution is 2.27. The summed E-state index contributed by atoms with van der Waals surface area (Å²) in [4.78, 5) is 14.7. The average Bonchev–Trinajstić information content (AvgIpc) is 2.76. The van der Waals surface area contributed by atoms with E-state index in [9.17, 15) is 13.2 Å². The molecule has 2 aromatic heterocycles. The van der Waals surface area contributed by atoms with Crippen molar-refractivity contribution in [2.24, 2.45) is 0 Å². The third kappa shape index (κ3) is 4.79. The Morgan fingerprint density at radius 3 is 2.47 bits per heavy atom. The predicted molar refractivity (Wildman–Crippen MR) is 108 cm³/mol. The number of piperidine rings is 1. The summed E-state index contributed by atoms with van der Waals surface area (Å²) in [6, 6.07) is 9.32. The number of aromatic nitrogens is 3. The molecule has 1 aliphatic heterocycles. The van der Waals surface area contributed by atoms with Gasteiger partial charge in [0.25, 0.3) is 0 Å². The van der Waals surface area contributed by atoms with Gasteiger partial charge in [-0.05, 0) is 49.1 Å². The Morgan fingerprint density at radius 2 is 1.73 bits per heavy atom. The lowest BCUT2D eigenvalue weighted by atomic mass is 10.1. The van der Waals surface area contributed by atoms with Crippen molar-refractivity contribution in [3.63, 3.8) is 0 Å². The van der Waals surface area contributed by atoms with Gasteiger partial charge in [-0.2, -0.15) is 18.2 Å². The number of hydrogen-bond acceptors (Lipinski definition) is 6. The third-order valence-corrected chi connectivity index (χ3v) is 4.80. The number of ether oxygens (including phenoxy) is 1. The molecule has 0 spiro atoms. The molecule has 1 saturated heterocycles. The van der Waals surface area contributed by atoms with E-state index in [-0.39, 0.29) is 11.4 Å². The van der Waals surface area contributed by atoms with Gasteiger partial charge in [-0.15, -0.1) is 0 Å². The first-order valence-electron chi connectivity index (χ1n) is 9.64. The molecule has 6 nitrogen and oxygen atoms in total. The first-order valence-corrected chi connectivity index (χ1v) is 9.64. The van der Waals surface area contributed by atoms with Gasteiger partial charge in [-0.1, -0.05) is 12.1 Å². The lowest BCUT2D eigenvalue weighted by molar-refractivity contribution is -0.0498. The molecule has 156 valence electrons. The lowest BCUT2D eigenvalue weighted by Gasteiger charge is -2.26. The highest BCUT2D eigenvalue weighted by atomic mass is 19.3. The van der Waals surface area contributed by atoms with Gasteiger partial charge < -0.3 is 15.0 Å². The fraction of sp³-hybridized carbons (Fsp3) is 0.286. The van der Waals surface area contributed by atoms with Gasteiger partial charge in [0.1, 0.15) is 11.6 Å². The molecule has 0 atom stereocenters. The van der Waals surface area contributed by atoms with E-state index >= 15 is 0 Å². The summed E-state index contributed by atoms with van der Waals surface area (Å²) < 4.78 is 43.3. The molecule has 0 aliphatic carbocycles. The summed E-state index contributed by atoms with van der Waals surface area (Å²) in [5.41, 5.74) is 1.46. The lowest BCUT2D eigenvalue weighted by Crippen LogP contribution is -2.31. The van der Waals surface area contributed by atoms with Gasteiger partial charge in [0, 0.05) is 31.0 Å². The highest BCUT2D eigenvalue weighted by molar-refractivity contribution is 5.69. The summed E-state index contributed by atoms with van der Waals surface area (Å²) in [6.07, 6.45) is 6.41. The van der Waals surface area contributed by atoms with E-state index < -0.39 is 12.6 Å². The van der Waals surface area contributed by atoms with E-state index in [4.69, 9.17) is 0 Å². The van der Waals surface area contributed by atoms with Crippen molar-refractivity contribution in [1.82, 2.24) is 15.0 Å². The second-order valence-electron chi connectivity index (χ2n) is 6.88. The number of benzene rings is 1. The predicted octanol–water partition coefficient (Wildman–Crippen LogP) is 5.01. The number of alkyl halides is 2. The van der Waals surface area contributed by atoms with Crippen LogP contribution in [0.2, 0.25) is 0 Å². The molecule has 3 aromatic rings. The van der Waals surface area contributed by atoms with Crippen molar-refractivity contribution < 1.29 is 17.9 Å². The number of halogens is 3. The molecule has 0 amide bonds. The van der Waals surface area contributed by atoms with Crippen molar-refractivity contribution in [2.45, 2.75) is 25.9 Å². The molecular weight excluding hydrogens is 395 g/mol. The molecule has 0 bridgehead atoms. The molecule has 30 heavy (non-hydrogen) atoms. The van der Waals surface area contributed by atoms with Crippen molar-refractivity contribution in [1.29, 1.82) is 0 Å².